The van der Waals surface area contributed by atoms with Crippen molar-refractivity contribution in [2.24, 2.45) is 0 Å². The molecule has 0 bridgehead atoms. The molecule has 1 amide bonds. The van der Waals surface area contributed by atoms with Gasteiger partial charge in [-0.3, -0.25) is 4.79 Å². The van der Waals surface area contributed by atoms with E-state index in [0.717, 1.165) is 16.9 Å². The molecule has 2 aromatic carbocycles. The molecule has 0 atom stereocenters. The molecule has 1 N–H and O–H groups in total. The molecular weight excluding hydrogens is 479 g/mol. The van der Waals surface area contributed by atoms with Crippen molar-refractivity contribution in [1.82, 2.24) is 14.8 Å². The lowest BCUT2D eigenvalue weighted by molar-refractivity contribution is -0.113. The van der Waals surface area contributed by atoms with Crippen LogP contribution in [-0.2, 0) is 17.9 Å². The molecule has 0 aliphatic rings. The number of ether oxygens (including phenoxy) is 1. The van der Waals surface area contributed by atoms with E-state index in [9.17, 15) is 4.79 Å². The van der Waals surface area contributed by atoms with E-state index in [2.05, 4.69) is 15.5 Å². The van der Waals surface area contributed by atoms with Crippen molar-refractivity contribution in [3.8, 4) is 5.75 Å². The SMILES string of the molecule is CCn1c(COc2c(C)cccc2C)nnc1SCC(=O)Nc1c(Cl)cc(Cl)cc1Cl. The molecule has 0 saturated carbocycles. The molecule has 164 valence electrons. The molecule has 3 rings (SSSR count). The fourth-order valence-electron chi connectivity index (χ4n) is 2.98. The van der Waals surface area contributed by atoms with Gasteiger partial charge in [0, 0.05) is 11.6 Å². The smallest absolute Gasteiger partial charge is 0.234 e. The van der Waals surface area contributed by atoms with Gasteiger partial charge in [-0.05, 0) is 44.0 Å². The Balaban J connectivity index is 1.64. The van der Waals surface area contributed by atoms with Crippen LogP contribution in [0.5, 0.6) is 5.75 Å². The second-order valence-electron chi connectivity index (χ2n) is 6.73. The zero-order valence-electron chi connectivity index (χ0n) is 17.2. The predicted octanol–water partition coefficient (Wildman–Crippen LogP) is 6.18. The molecular formula is C21H21Cl3N4O2S. The van der Waals surface area contributed by atoms with Gasteiger partial charge in [-0.1, -0.05) is 64.8 Å². The lowest BCUT2D eigenvalue weighted by Crippen LogP contribution is -2.15. The van der Waals surface area contributed by atoms with Gasteiger partial charge in [0.15, 0.2) is 11.0 Å². The third-order valence-electron chi connectivity index (χ3n) is 4.47. The van der Waals surface area contributed by atoms with Gasteiger partial charge in [-0.15, -0.1) is 10.2 Å². The Morgan fingerprint density at radius 1 is 1.13 bits per heavy atom. The standard InChI is InChI=1S/C21H21Cl3N4O2S/c1-4-28-17(10-30-20-12(2)6-5-7-13(20)3)26-27-21(28)31-11-18(29)25-19-15(23)8-14(22)9-16(19)24/h5-9H,4,10-11H2,1-3H3,(H,25,29). The molecule has 0 fully saturated rings. The normalized spacial score (nSPS) is 10.9. The highest BCUT2D eigenvalue weighted by Crippen LogP contribution is 2.34. The summed E-state index contributed by atoms with van der Waals surface area (Å²) in [5.74, 6) is 1.39. The number of carbonyl (C=O) groups excluding carboxylic acids is 1. The zero-order chi connectivity index (χ0) is 22.5. The van der Waals surface area contributed by atoms with Crippen molar-refractivity contribution in [1.29, 1.82) is 0 Å². The fraction of sp³-hybridized carbons (Fsp3) is 0.286. The predicted molar refractivity (Wildman–Crippen MR) is 127 cm³/mol. The van der Waals surface area contributed by atoms with E-state index < -0.39 is 0 Å². The van der Waals surface area contributed by atoms with Crippen LogP contribution in [0.3, 0.4) is 0 Å². The van der Waals surface area contributed by atoms with Crippen LogP contribution >= 0.6 is 46.6 Å². The Kier molecular flexibility index (Phi) is 8.11. The van der Waals surface area contributed by atoms with E-state index >= 15 is 0 Å². The van der Waals surface area contributed by atoms with Gasteiger partial charge in [-0.2, -0.15) is 0 Å². The van der Waals surface area contributed by atoms with Gasteiger partial charge < -0.3 is 14.6 Å². The molecule has 1 heterocycles. The highest BCUT2D eigenvalue weighted by atomic mass is 35.5. The summed E-state index contributed by atoms with van der Waals surface area (Å²) in [6.07, 6.45) is 0. The Bertz CT molecular complexity index is 1060. The van der Waals surface area contributed by atoms with E-state index in [1.54, 1.807) is 0 Å². The minimum absolute atomic E-state index is 0.116. The van der Waals surface area contributed by atoms with E-state index in [1.165, 1.54) is 23.9 Å². The quantitative estimate of drug-likeness (QED) is 0.375. The number of halogens is 3. The highest BCUT2D eigenvalue weighted by molar-refractivity contribution is 7.99. The molecule has 1 aromatic heterocycles. The van der Waals surface area contributed by atoms with Gasteiger partial charge in [0.25, 0.3) is 0 Å². The van der Waals surface area contributed by atoms with Crippen molar-refractivity contribution >= 4 is 58.2 Å². The van der Waals surface area contributed by atoms with Gasteiger partial charge >= 0.3 is 0 Å². The van der Waals surface area contributed by atoms with E-state index in [-0.39, 0.29) is 28.3 Å². The summed E-state index contributed by atoms with van der Waals surface area (Å²) < 4.78 is 7.92. The number of aryl methyl sites for hydroxylation is 2. The van der Waals surface area contributed by atoms with Crippen molar-refractivity contribution in [3.05, 3.63) is 62.4 Å². The van der Waals surface area contributed by atoms with Crippen molar-refractivity contribution in [3.63, 3.8) is 0 Å². The molecule has 0 radical (unpaired) electrons. The van der Waals surface area contributed by atoms with Crippen molar-refractivity contribution in [2.75, 3.05) is 11.1 Å². The summed E-state index contributed by atoms with van der Waals surface area (Å²) in [5, 5.41) is 12.8. The van der Waals surface area contributed by atoms with Crippen LogP contribution in [0.2, 0.25) is 15.1 Å². The first-order valence-electron chi connectivity index (χ1n) is 9.48. The number of hydrogen-bond donors (Lipinski definition) is 1. The number of carbonyl (C=O) groups is 1. The number of nitrogens with zero attached hydrogens (tertiary/aromatic N) is 3. The van der Waals surface area contributed by atoms with Crippen LogP contribution in [0.15, 0.2) is 35.5 Å². The molecule has 0 saturated heterocycles. The van der Waals surface area contributed by atoms with E-state index in [0.29, 0.717) is 28.2 Å². The number of hydrogen-bond acceptors (Lipinski definition) is 5. The molecule has 0 aliphatic carbocycles. The van der Waals surface area contributed by atoms with E-state index in [4.69, 9.17) is 39.5 Å². The average Bonchev–Trinajstić information content (AvgIpc) is 3.10. The molecule has 10 heteroatoms. The lowest BCUT2D eigenvalue weighted by atomic mass is 10.1. The Hall–Kier alpha value is -1.93. The number of benzene rings is 2. The lowest BCUT2D eigenvalue weighted by Gasteiger charge is -2.12. The molecule has 31 heavy (non-hydrogen) atoms. The third kappa shape index (κ3) is 5.86. The van der Waals surface area contributed by atoms with Gasteiger partial charge in [0.1, 0.15) is 12.4 Å². The van der Waals surface area contributed by atoms with Crippen LogP contribution in [0.25, 0.3) is 0 Å². The number of nitrogens with one attached hydrogen (secondary N) is 1. The monoisotopic (exact) mass is 498 g/mol. The largest absolute Gasteiger partial charge is 0.485 e. The van der Waals surface area contributed by atoms with Crippen LogP contribution in [0.4, 0.5) is 5.69 Å². The molecule has 0 unspecified atom stereocenters. The van der Waals surface area contributed by atoms with Crippen LogP contribution < -0.4 is 10.1 Å². The number of rotatable bonds is 8. The third-order valence-corrected chi connectivity index (χ3v) is 6.25. The summed E-state index contributed by atoms with van der Waals surface area (Å²) in [4.78, 5) is 12.4. The summed E-state index contributed by atoms with van der Waals surface area (Å²) in [5.41, 5.74) is 2.46. The highest BCUT2D eigenvalue weighted by Gasteiger charge is 2.16. The maximum absolute atomic E-state index is 12.4. The van der Waals surface area contributed by atoms with Crippen LogP contribution in [-0.4, -0.2) is 26.4 Å². The fourth-order valence-corrected chi connectivity index (χ4v) is 4.71. The van der Waals surface area contributed by atoms with Crippen molar-refractivity contribution < 1.29 is 9.53 Å². The Morgan fingerprint density at radius 2 is 1.77 bits per heavy atom. The maximum atomic E-state index is 12.4. The number of amides is 1. The Labute approximate surface area is 200 Å². The number of anilines is 1. The molecule has 6 nitrogen and oxygen atoms in total. The topological polar surface area (TPSA) is 69.0 Å². The second kappa shape index (κ2) is 10.6. The van der Waals surface area contributed by atoms with Gasteiger partial charge in [-0.25, -0.2) is 0 Å². The summed E-state index contributed by atoms with van der Waals surface area (Å²) in [6.45, 7) is 6.94. The maximum Gasteiger partial charge on any atom is 0.234 e. The minimum Gasteiger partial charge on any atom is -0.485 e. The zero-order valence-corrected chi connectivity index (χ0v) is 20.3. The number of aromatic nitrogens is 3. The first-order chi connectivity index (χ1) is 14.8. The van der Waals surface area contributed by atoms with Crippen LogP contribution in [0.1, 0.15) is 23.9 Å². The average molecular weight is 500 g/mol. The summed E-state index contributed by atoms with van der Waals surface area (Å²) in [7, 11) is 0. The van der Waals surface area contributed by atoms with E-state index in [1.807, 2.05) is 43.5 Å². The number of thioether (sulfide) groups is 1. The molecule has 3 aromatic rings. The number of para-hydroxylation sites is 1. The van der Waals surface area contributed by atoms with Crippen LogP contribution in [0, 0.1) is 13.8 Å². The van der Waals surface area contributed by atoms with Gasteiger partial charge in [0.05, 0.1) is 21.5 Å². The minimum atomic E-state index is -0.268. The molecule has 0 aliphatic heterocycles. The second-order valence-corrected chi connectivity index (χ2v) is 8.93. The Morgan fingerprint density at radius 3 is 2.39 bits per heavy atom. The first-order valence-corrected chi connectivity index (χ1v) is 11.6. The van der Waals surface area contributed by atoms with Crippen molar-refractivity contribution in [2.45, 2.75) is 39.1 Å². The molecule has 0 spiro atoms. The summed E-state index contributed by atoms with van der Waals surface area (Å²) >= 11 is 19.4. The van der Waals surface area contributed by atoms with Gasteiger partial charge in [0.2, 0.25) is 5.91 Å². The summed E-state index contributed by atoms with van der Waals surface area (Å²) in [6, 6.07) is 9.05. The first kappa shape index (κ1) is 23.7.